The average Bonchev–Trinajstić information content (AvgIpc) is 3.02. The van der Waals surface area contributed by atoms with Crippen LogP contribution in [-0.2, 0) is 4.74 Å². The Morgan fingerprint density at radius 1 is 1.48 bits per heavy atom. The molecule has 1 aliphatic heterocycles. The molecule has 1 unspecified atom stereocenters. The molecular formula is C15H22N2O3S. The van der Waals surface area contributed by atoms with E-state index in [2.05, 4.69) is 0 Å². The lowest BCUT2D eigenvalue weighted by Gasteiger charge is -2.28. The molecule has 1 aromatic carbocycles. The van der Waals surface area contributed by atoms with E-state index in [4.69, 9.17) is 15.2 Å². The summed E-state index contributed by atoms with van der Waals surface area (Å²) in [5.41, 5.74) is 6.95. The van der Waals surface area contributed by atoms with Gasteiger partial charge in [-0.2, -0.15) is 11.8 Å². The van der Waals surface area contributed by atoms with Crippen molar-refractivity contribution in [3.63, 3.8) is 0 Å². The number of thioether (sulfide) groups is 1. The number of nitrogens with two attached hydrogens (primary N) is 1. The normalized spacial score (nSPS) is 17.7. The fourth-order valence-corrected chi connectivity index (χ4v) is 3.64. The van der Waals surface area contributed by atoms with Gasteiger partial charge in [0.05, 0.1) is 19.4 Å². The molecule has 1 saturated heterocycles. The van der Waals surface area contributed by atoms with Gasteiger partial charge in [-0.3, -0.25) is 4.79 Å². The highest BCUT2D eigenvalue weighted by molar-refractivity contribution is 7.99. The van der Waals surface area contributed by atoms with E-state index in [0.29, 0.717) is 30.2 Å². The molecule has 0 spiro atoms. The zero-order chi connectivity index (χ0) is 15.2. The van der Waals surface area contributed by atoms with Crippen molar-refractivity contribution in [3.8, 4) is 5.75 Å². The molecule has 1 aromatic rings. The van der Waals surface area contributed by atoms with Crippen LogP contribution in [0, 0.1) is 0 Å². The van der Waals surface area contributed by atoms with E-state index >= 15 is 0 Å². The van der Waals surface area contributed by atoms with Crippen LogP contribution in [0.15, 0.2) is 18.2 Å². The smallest absolute Gasteiger partial charge is 0.254 e. The molecule has 1 aliphatic rings. The van der Waals surface area contributed by atoms with Crippen molar-refractivity contribution in [1.82, 2.24) is 4.90 Å². The molecule has 1 amide bonds. The second-order valence-electron chi connectivity index (χ2n) is 4.97. The lowest BCUT2D eigenvalue weighted by molar-refractivity contribution is 0.0624. The van der Waals surface area contributed by atoms with Crippen LogP contribution >= 0.6 is 11.8 Å². The maximum absolute atomic E-state index is 12.8. The number of nitrogens with zero attached hydrogens (tertiary/aromatic N) is 1. The Morgan fingerprint density at radius 2 is 2.29 bits per heavy atom. The molecular weight excluding hydrogens is 288 g/mol. The summed E-state index contributed by atoms with van der Waals surface area (Å²) in [4.78, 5) is 14.7. The van der Waals surface area contributed by atoms with Crippen LogP contribution < -0.4 is 10.5 Å². The number of anilines is 1. The summed E-state index contributed by atoms with van der Waals surface area (Å²) >= 11 is 1.89. The molecule has 116 valence electrons. The lowest BCUT2D eigenvalue weighted by atomic mass is 10.1. The van der Waals surface area contributed by atoms with Crippen LogP contribution in [0.2, 0.25) is 0 Å². The van der Waals surface area contributed by atoms with Crippen LogP contribution in [0.4, 0.5) is 5.69 Å². The van der Waals surface area contributed by atoms with Crippen molar-refractivity contribution in [2.45, 2.75) is 12.5 Å². The first-order chi connectivity index (χ1) is 10.2. The van der Waals surface area contributed by atoms with E-state index in [9.17, 15) is 4.79 Å². The van der Waals surface area contributed by atoms with Gasteiger partial charge in [0.15, 0.2) is 0 Å². The number of carbonyl (C=O) groups is 1. The zero-order valence-corrected chi connectivity index (χ0v) is 13.3. The third kappa shape index (κ3) is 3.83. The number of amides is 1. The Balaban J connectivity index is 2.20. The van der Waals surface area contributed by atoms with Gasteiger partial charge >= 0.3 is 0 Å². The molecule has 0 aliphatic carbocycles. The van der Waals surface area contributed by atoms with Gasteiger partial charge in [-0.25, -0.2) is 0 Å². The third-order valence-corrected chi connectivity index (χ3v) is 4.77. The number of methoxy groups -OCH3 is 2. The second kappa shape index (κ2) is 7.56. The highest BCUT2D eigenvalue weighted by Crippen LogP contribution is 2.26. The van der Waals surface area contributed by atoms with Crippen LogP contribution in [-0.4, -0.2) is 55.7 Å². The first-order valence-electron chi connectivity index (χ1n) is 6.98. The number of hydrogen-bond acceptors (Lipinski definition) is 5. The molecule has 1 heterocycles. The molecule has 21 heavy (non-hydrogen) atoms. The Bertz CT molecular complexity index is 490. The largest absolute Gasteiger partial charge is 0.495 e. The summed E-state index contributed by atoms with van der Waals surface area (Å²) in [5.74, 6) is 2.64. The standard InChI is InChI=1S/C15H22N2O3S/c1-19-7-6-17(12-5-8-21-10-12)15(18)11-3-4-13(16)14(9-11)20-2/h3-4,9,12H,5-8,10,16H2,1-2H3. The van der Waals surface area contributed by atoms with Crippen molar-refractivity contribution < 1.29 is 14.3 Å². The number of hydrogen-bond donors (Lipinski definition) is 1. The minimum Gasteiger partial charge on any atom is -0.495 e. The van der Waals surface area contributed by atoms with Gasteiger partial charge in [0.1, 0.15) is 5.75 Å². The van der Waals surface area contributed by atoms with Gasteiger partial charge in [0, 0.05) is 31.0 Å². The third-order valence-electron chi connectivity index (χ3n) is 3.62. The predicted octanol–water partition coefficient (Wildman–Crippen LogP) is 1.87. The van der Waals surface area contributed by atoms with E-state index in [1.54, 1.807) is 32.4 Å². The van der Waals surface area contributed by atoms with Crippen molar-refractivity contribution in [2.24, 2.45) is 0 Å². The maximum atomic E-state index is 12.8. The Labute approximate surface area is 129 Å². The second-order valence-corrected chi connectivity index (χ2v) is 6.12. The number of benzene rings is 1. The Kier molecular flexibility index (Phi) is 5.76. The lowest BCUT2D eigenvalue weighted by Crippen LogP contribution is -2.42. The summed E-state index contributed by atoms with van der Waals surface area (Å²) in [6.45, 7) is 1.15. The predicted molar refractivity (Wildman–Crippen MR) is 86.0 cm³/mol. The van der Waals surface area contributed by atoms with Crippen LogP contribution in [0.3, 0.4) is 0 Å². The molecule has 0 radical (unpaired) electrons. The number of rotatable bonds is 6. The van der Waals surface area contributed by atoms with Crippen molar-refractivity contribution >= 4 is 23.4 Å². The molecule has 1 fully saturated rings. The highest BCUT2D eigenvalue weighted by atomic mass is 32.2. The summed E-state index contributed by atoms with van der Waals surface area (Å²) in [6, 6.07) is 5.45. The monoisotopic (exact) mass is 310 g/mol. The van der Waals surface area contributed by atoms with Crippen LogP contribution in [0.1, 0.15) is 16.8 Å². The molecule has 6 heteroatoms. The molecule has 0 bridgehead atoms. The summed E-state index contributed by atoms with van der Waals surface area (Å²) in [5, 5.41) is 0. The molecule has 2 rings (SSSR count). The summed E-state index contributed by atoms with van der Waals surface area (Å²) in [7, 11) is 3.20. The quantitative estimate of drug-likeness (QED) is 0.813. The van der Waals surface area contributed by atoms with Crippen molar-refractivity contribution in [2.75, 3.05) is 44.6 Å². The SMILES string of the molecule is COCCN(C(=O)c1ccc(N)c(OC)c1)C1CCSC1. The fourth-order valence-electron chi connectivity index (χ4n) is 2.42. The molecule has 0 saturated carbocycles. The molecule has 1 atom stereocenters. The number of nitrogen functional groups attached to an aromatic ring is 1. The van der Waals surface area contributed by atoms with Crippen molar-refractivity contribution in [3.05, 3.63) is 23.8 Å². The first-order valence-corrected chi connectivity index (χ1v) is 8.14. The van der Waals surface area contributed by atoms with E-state index in [1.807, 2.05) is 16.7 Å². The Morgan fingerprint density at radius 3 is 2.90 bits per heavy atom. The van der Waals surface area contributed by atoms with Crippen LogP contribution in [0.5, 0.6) is 5.75 Å². The van der Waals surface area contributed by atoms with Gasteiger partial charge in [-0.05, 0) is 30.4 Å². The zero-order valence-electron chi connectivity index (χ0n) is 12.5. The maximum Gasteiger partial charge on any atom is 0.254 e. The summed E-state index contributed by atoms with van der Waals surface area (Å²) < 4.78 is 10.3. The van der Waals surface area contributed by atoms with Crippen LogP contribution in [0.25, 0.3) is 0 Å². The molecule has 2 N–H and O–H groups in total. The van der Waals surface area contributed by atoms with E-state index in [0.717, 1.165) is 17.9 Å². The molecule has 5 nitrogen and oxygen atoms in total. The van der Waals surface area contributed by atoms with E-state index in [-0.39, 0.29) is 11.9 Å². The van der Waals surface area contributed by atoms with Gasteiger partial charge < -0.3 is 20.1 Å². The van der Waals surface area contributed by atoms with Gasteiger partial charge in [-0.1, -0.05) is 0 Å². The molecule has 0 aromatic heterocycles. The number of carbonyl (C=O) groups excluding carboxylic acids is 1. The summed E-state index contributed by atoms with van der Waals surface area (Å²) in [6.07, 6.45) is 1.03. The minimum atomic E-state index is 0.0119. The number of ether oxygens (including phenoxy) is 2. The topological polar surface area (TPSA) is 64.8 Å². The fraction of sp³-hybridized carbons (Fsp3) is 0.533. The average molecular weight is 310 g/mol. The van der Waals surface area contributed by atoms with Crippen molar-refractivity contribution in [1.29, 1.82) is 0 Å². The van der Waals surface area contributed by atoms with Gasteiger partial charge in [0.25, 0.3) is 5.91 Å². The Hall–Kier alpha value is -1.40. The van der Waals surface area contributed by atoms with Gasteiger partial charge in [-0.15, -0.1) is 0 Å². The minimum absolute atomic E-state index is 0.0119. The van der Waals surface area contributed by atoms with Gasteiger partial charge in [0.2, 0.25) is 0 Å². The highest BCUT2D eigenvalue weighted by Gasteiger charge is 2.27. The first kappa shape index (κ1) is 16.0. The van der Waals surface area contributed by atoms with E-state index < -0.39 is 0 Å². The van der Waals surface area contributed by atoms with E-state index in [1.165, 1.54) is 0 Å².